The molecule has 1 aromatic heterocycles. The van der Waals surface area contributed by atoms with E-state index in [4.69, 9.17) is 0 Å². The van der Waals surface area contributed by atoms with E-state index in [9.17, 15) is 19.8 Å². The lowest BCUT2D eigenvalue weighted by Gasteiger charge is -2.71. The Morgan fingerprint density at radius 1 is 0.896 bits per heavy atom. The smallest absolute Gasteiger partial charge is 0.326 e. The highest BCUT2D eigenvalue weighted by Gasteiger charge is 2.74. The van der Waals surface area contributed by atoms with E-state index in [1.807, 2.05) is 28.8 Å². The summed E-state index contributed by atoms with van der Waals surface area (Å²) in [7, 11) is 0. The second kappa shape index (κ2) is 10.8. The fourth-order valence-electron chi connectivity index (χ4n) is 13.3. The first-order chi connectivity index (χ1) is 23.0. The van der Waals surface area contributed by atoms with Gasteiger partial charge in [-0.1, -0.05) is 63.5 Å². The van der Waals surface area contributed by atoms with Gasteiger partial charge in [0.1, 0.15) is 0 Å². The van der Waals surface area contributed by atoms with Gasteiger partial charge < -0.3 is 20.1 Å². The molecule has 1 aromatic carbocycles. The number of β-amino-alcohol motifs (C(OH)–C–C–N with tert-alkyl or cyclic N) is 1. The van der Waals surface area contributed by atoms with E-state index in [0.717, 1.165) is 113 Å². The normalized spacial score (nSPS) is 43.2. The lowest BCUT2D eigenvalue weighted by atomic mass is 9.32. The van der Waals surface area contributed by atoms with E-state index < -0.39 is 5.60 Å². The van der Waals surface area contributed by atoms with Gasteiger partial charge in [-0.2, -0.15) is 0 Å². The molecule has 7 aliphatic carbocycles. The number of likely N-dealkylation sites (tertiary alicyclic amines) is 1. The lowest BCUT2D eigenvalue weighted by molar-refractivity contribution is -0.180. The van der Waals surface area contributed by atoms with Crippen LogP contribution in [0.1, 0.15) is 110 Å². The molecule has 0 radical (unpaired) electrons. The maximum Gasteiger partial charge on any atom is 0.326 e. The number of rotatable bonds is 5. The first-order valence-electron chi connectivity index (χ1n) is 19.3. The lowest BCUT2D eigenvalue weighted by Crippen LogP contribution is -2.67. The van der Waals surface area contributed by atoms with Gasteiger partial charge in [0.15, 0.2) is 5.78 Å². The van der Waals surface area contributed by atoms with Crippen molar-refractivity contribution in [2.24, 2.45) is 39.4 Å². The van der Waals surface area contributed by atoms with Gasteiger partial charge in [0.05, 0.1) is 22.7 Å². The van der Waals surface area contributed by atoms with Crippen molar-refractivity contribution in [1.29, 1.82) is 0 Å². The van der Waals surface area contributed by atoms with Gasteiger partial charge in [-0.3, -0.25) is 9.36 Å². The van der Waals surface area contributed by atoms with Gasteiger partial charge in [-0.05, 0) is 100 Å². The minimum atomic E-state index is -0.829. The topological polar surface area (TPSA) is 98.6 Å². The number of allylic oxidation sites excluding steroid dienone is 4. The summed E-state index contributed by atoms with van der Waals surface area (Å²) >= 11 is 0. The van der Waals surface area contributed by atoms with Crippen molar-refractivity contribution in [3.8, 4) is 0 Å². The van der Waals surface area contributed by atoms with E-state index in [2.05, 4.69) is 42.0 Å². The summed E-state index contributed by atoms with van der Waals surface area (Å²) in [5.41, 5.74) is 1.21. The Kier molecular flexibility index (Phi) is 7.06. The highest BCUT2D eigenvalue weighted by molar-refractivity contribution is 6.00. The van der Waals surface area contributed by atoms with Crippen molar-refractivity contribution in [3.05, 3.63) is 58.6 Å². The van der Waals surface area contributed by atoms with E-state index in [-0.39, 0.29) is 51.3 Å². The number of hydrogen-bond acceptors (Lipinski definition) is 5. The second-order valence-electron chi connectivity index (χ2n) is 17.8. The number of piperidine rings is 1. The molecule has 8 atom stereocenters. The van der Waals surface area contributed by atoms with Crippen molar-refractivity contribution in [2.45, 2.75) is 121 Å². The molecular weight excluding hydrogens is 598 g/mol. The number of H-pyrrole nitrogens is 1. The number of Topliss-reactive ketones (excluding diaryl/α,β-unsaturated/α-hetero) is 1. The molecule has 4 saturated carbocycles. The Morgan fingerprint density at radius 3 is 2.40 bits per heavy atom. The van der Waals surface area contributed by atoms with Crippen molar-refractivity contribution in [2.75, 3.05) is 19.6 Å². The number of aromatic nitrogens is 2. The summed E-state index contributed by atoms with van der Waals surface area (Å²) in [6.07, 6.45) is 20.6. The molecule has 2 bridgehead atoms. The number of imidazole rings is 1. The van der Waals surface area contributed by atoms with Crippen LogP contribution in [0, 0.1) is 39.4 Å². The molecule has 7 nitrogen and oxygen atoms in total. The van der Waals surface area contributed by atoms with Crippen LogP contribution in [-0.2, 0) is 4.79 Å². The van der Waals surface area contributed by atoms with Crippen LogP contribution in [0.15, 0.2) is 52.9 Å². The summed E-state index contributed by atoms with van der Waals surface area (Å²) in [5.74, 6) is 1.08. The molecule has 4 unspecified atom stereocenters. The van der Waals surface area contributed by atoms with Gasteiger partial charge in [0, 0.05) is 53.4 Å². The van der Waals surface area contributed by atoms with Gasteiger partial charge in [-0.25, -0.2) is 4.79 Å². The third kappa shape index (κ3) is 4.10. The zero-order valence-electron chi connectivity index (χ0n) is 29.1. The molecule has 1 saturated heterocycles. The van der Waals surface area contributed by atoms with E-state index in [1.54, 1.807) is 0 Å². The van der Waals surface area contributed by atoms with Crippen molar-refractivity contribution in [3.63, 3.8) is 0 Å². The molecule has 3 N–H and O–H groups in total. The van der Waals surface area contributed by atoms with Gasteiger partial charge >= 0.3 is 5.69 Å². The predicted octanol–water partition coefficient (Wildman–Crippen LogP) is 6.71. The summed E-state index contributed by atoms with van der Waals surface area (Å²) in [6, 6.07) is 8.12. The summed E-state index contributed by atoms with van der Waals surface area (Å²) in [6.45, 7) is 7.23. The SMILES string of the molecule is C[C@]12CCC3C4(C=CC5(C=C4C(=O)C4CCCCC4)C[C@@H](O)CC[C@]35C)C1CC[C@@]2(O)CN1CCC(n2c(=O)[nH]c3ccccc32)CC1. The first kappa shape index (κ1) is 31.5. The van der Waals surface area contributed by atoms with Gasteiger partial charge in [0.25, 0.3) is 0 Å². The zero-order chi connectivity index (χ0) is 33.1. The van der Waals surface area contributed by atoms with Crippen LogP contribution >= 0.6 is 0 Å². The molecule has 48 heavy (non-hydrogen) atoms. The van der Waals surface area contributed by atoms with Gasteiger partial charge in [0.2, 0.25) is 0 Å². The molecule has 258 valence electrons. The average Bonchev–Trinajstić information content (AvgIpc) is 3.57. The minimum Gasteiger partial charge on any atom is -0.393 e. The molecule has 10 rings (SSSR count). The predicted molar refractivity (Wildman–Crippen MR) is 187 cm³/mol. The Morgan fingerprint density at radius 2 is 1.60 bits per heavy atom. The minimum absolute atomic E-state index is 0.0156. The maximum absolute atomic E-state index is 14.8. The number of hydrogen-bond donors (Lipinski definition) is 3. The number of nitrogens with zero attached hydrogens (tertiary/aromatic N) is 2. The second-order valence-corrected chi connectivity index (χ2v) is 17.8. The third-order valence-electron chi connectivity index (χ3n) is 16.0. The number of fused-ring (bicyclic) bond motifs is 2. The van der Waals surface area contributed by atoms with Crippen LogP contribution < -0.4 is 5.69 Å². The van der Waals surface area contributed by atoms with E-state index >= 15 is 0 Å². The molecule has 8 aliphatic rings. The zero-order valence-corrected chi connectivity index (χ0v) is 29.1. The summed E-state index contributed by atoms with van der Waals surface area (Å²) in [5, 5.41) is 23.9. The van der Waals surface area contributed by atoms with Crippen LogP contribution in [0.3, 0.4) is 0 Å². The third-order valence-corrected chi connectivity index (χ3v) is 16.0. The molecule has 0 amide bonds. The van der Waals surface area contributed by atoms with E-state index in [1.165, 1.54) is 6.42 Å². The number of para-hydroxylation sites is 2. The number of nitrogens with one attached hydrogen (secondary N) is 1. The quantitative estimate of drug-likeness (QED) is 0.312. The average molecular weight is 654 g/mol. The van der Waals surface area contributed by atoms with E-state index in [0.29, 0.717) is 18.2 Å². The first-order valence-corrected chi connectivity index (χ1v) is 19.3. The van der Waals surface area contributed by atoms with Crippen LogP contribution in [0.4, 0.5) is 0 Å². The van der Waals surface area contributed by atoms with Crippen LogP contribution in [-0.4, -0.2) is 61.8 Å². The standard InChI is InChI=1S/C41H55N3O4/c1-37-17-12-29(45)24-39(37)20-21-41(30(25-39)35(46)27-8-4-3-5-9-27)33(37)13-18-38(2)34(41)14-19-40(38,48)26-43-22-15-28(16-23-43)44-32-11-7-6-10-31(32)42-36(44)47/h6-7,10-11,20-21,25,27-29,33-34,45,48H,3-5,8-9,12-19,22-24,26H2,1-2H3,(H,42,47)/t29-,33?,34?,37+,38-,39?,40+,41?/m0/s1. The number of ketones is 1. The van der Waals surface area contributed by atoms with Crippen LogP contribution in [0.5, 0.6) is 0 Å². The van der Waals surface area contributed by atoms with Crippen molar-refractivity contribution in [1.82, 2.24) is 14.5 Å². The fourth-order valence-corrected chi connectivity index (χ4v) is 13.3. The maximum atomic E-state index is 14.8. The Labute approximate surface area is 284 Å². The molecule has 7 heteroatoms. The van der Waals surface area contributed by atoms with Gasteiger partial charge in [-0.15, -0.1) is 0 Å². The molecule has 5 fully saturated rings. The molecule has 1 aliphatic heterocycles. The number of carbonyl (C=O) groups is 1. The highest BCUT2D eigenvalue weighted by Crippen LogP contribution is 2.78. The highest BCUT2D eigenvalue weighted by atomic mass is 16.3. The number of aliphatic hydroxyl groups is 2. The van der Waals surface area contributed by atoms with Crippen molar-refractivity contribution < 1.29 is 15.0 Å². The van der Waals surface area contributed by atoms with Crippen LogP contribution in [0.25, 0.3) is 11.0 Å². The summed E-state index contributed by atoms with van der Waals surface area (Å²) < 4.78 is 1.95. The fraction of sp³-hybridized carbons (Fsp3) is 0.707. The number of aliphatic hydroxyl groups excluding tert-OH is 1. The molecule has 2 aromatic rings. The number of benzene rings is 1. The Hall–Kier alpha value is -2.48. The molecule has 2 heterocycles. The Bertz CT molecular complexity index is 1740. The summed E-state index contributed by atoms with van der Waals surface area (Å²) in [4.78, 5) is 33.2. The van der Waals surface area contributed by atoms with Crippen LogP contribution in [0.2, 0.25) is 0 Å². The largest absolute Gasteiger partial charge is 0.393 e. The number of carbonyl (C=O) groups excluding carboxylic acids is 1. The molecular formula is C41H55N3O4. The monoisotopic (exact) mass is 653 g/mol. The van der Waals surface area contributed by atoms with Crippen molar-refractivity contribution >= 4 is 16.8 Å². The number of aromatic amines is 1. The Balaban J connectivity index is 1.02. The molecule has 2 spiro atoms.